The Morgan fingerprint density at radius 1 is 1.31 bits per heavy atom. The van der Waals surface area contributed by atoms with Gasteiger partial charge in [0.2, 0.25) is 5.91 Å². The van der Waals surface area contributed by atoms with Crippen molar-refractivity contribution in [1.29, 1.82) is 0 Å². The molecule has 1 amide bonds. The van der Waals surface area contributed by atoms with Crippen LogP contribution in [0, 0.1) is 5.41 Å². The predicted octanol–water partition coefficient (Wildman–Crippen LogP) is 2.67. The summed E-state index contributed by atoms with van der Waals surface area (Å²) < 4.78 is 0. The molecular formula is C26H42N6O3. The summed E-state index contributed by atoms with van der Waals surface area (Å²) in [4.78, 5) is 37.7. The first-order valence-electron chi connectivity index (χ1n) is 12.4. The van der Waals surface area contributed by atoms with Crippen LogP contribution < -0.4 is 11.5 Å². The molecule has 1 aliphatic carbocycles. The smallest absolute Gasteiger partial charge is 0.233 e. The lowest BCUT2D eigenvalue weighted by Crippen LogP contribution is -2.44. The van der Waals surface area contributed by atoms with Gasteiger partial charge in [0, 0.05) is 30.1 Å². The van der Waals surface area contributed by atoms with E-state index in [2.05, 4.69) is 20.6 Å². The summed E-state index contributed by atoms with van der Waals surface area (Å²) in [5.41, 5.74) is 12.0. The van der Waals surface area contributed by atoms with Gasteiger partial charge in [-0.1, -0.05) is 13.0 Å². The van der Waals surface area contributed by atoms with Gasteiger partial charge in [-0.05, 0) is 78.1 Å². The third kappa shape index (κ3) is 6.15. The number of allylic oxidation sites excluding steroid dienone is 2. The van der Waals surface area contributed by atoms with E-state index in [1.165, 1.54) is 13.4 Å². The Bertz CT molecular complexity index is 920. The first kappa shape index (κ1) is 28.6. The third-order valence-electron chi connectivity index (χ3n) is 7.65. The minimum absolute atomic E-state index is 0.0129. The number of carbonyl (C=O) groups is 2. The number of aliphatic imine (C=N–C) groups is 1. The number of nitrogens with two attached hydrogens (primary N) is 2. The molecule has 194 valence electrons. The Balaban J connectivity index is 0.00000210. The van der Waals surface area contributed by atoms with Crippen LogP contribution in [0.2, 0.25) is 0 Å². The summed E-state index contributed by atoms with van der Waals surface area (Å²) in [6, 6.07) is 3.82. The topological polar surface area (TPSA) is 138 Å². The van der Waals surface area contributed by atoms with Gasteiger partial charge in [-0.15, -0.1) is 0 Å². The number of carbonyl (C=O) groups excluding carboxylic acids is 2. The number of hydrogen-bond donors (Lipinski definition) is 3. The molecule has 9 nitrogen and oxygen atoms in total. The van der Waals surface area contributed by atoms with Crippen LogP contribution in [0.3, 0.4) is 0 Å². The average Bonchev–Trinajstić information content (AvgIpc) is 3.18. The number of nitrogens with zero attached hydrogens (tertiary/aromatic N) is 4. The van der Waals surface area contributed by atoms with E-state index in [-0.39, 0.29) is 35.8 Å². The fraction of sp³-hybridized carbons (Fsp3) is 0.615. The van der Waals surface area contributed by atoms with Crippen molar-refractivity contribution < 1.29 is 14.7 Å². The second-order valence-electron chi connectivity index (χ2n) is 9.29. The zero-order valence-corrected chi connectivity index (χ0v) is 21.8. The van der Waals surface area contributed by atoms with Crippen LogP contribution in [0.5, 0.6) is 0 Å². The van der Waals surface area contributed by atoms with Crippen LogP contribution in [-0.2, 0) is 9.59 Å². The van der Waals surface area contributed by atoms with Crippen molar-refractivity contribution in [2.45, 2.75) is 71.4 Å². The van der Waals surface area contributed by atoms with E-state index < -0.39 is 0 Å². The number of hydrogen-bond acceptors (Lipinski definition) is 7. The molecule has 1 aromatic heterocycles. The quantitative estimate of drug-likeness (QED) is 0.292. The number of likely N-dealkylation sites (N-methyl/N-ethyl adjacent to an activating group) is 1. The van der Waals surface area contributed by atoms with Gasteiger partial charge >= 0.3 is 0 Å². The average molecular weight is 487 g/mol. The van der Waals surface area contributed by atoms with Gasteiger partial charge in [0.05, 0.1) is 24.4 Å². The van der Waals surface area contributed by atoms with Crippen LogP contribution in [0.1, 0.15) is 70.9 Å². The molecule has 1 aliphatic heterocycles. The Morgan fingerprint density at radius 2 is 1.97 bits per heavy atom. The van der Waals surface area contributed by atoms with Crippen LogP contribution in [0.15, 0.2) is 34.6 Å². The maximum Gasteiger partial charge on any atom is 0.233 e. The Hall–Kier alpha value is -2.62. The molecule has 9 heteroatoms. The number of Topliss-reactive ketones (excluding diaryl/α,β-unsaturated/α-hetero) is 1. The molecule has 1 spiro atoms. The molecule has 1 saturated heterocycles. The SMILES string of the molecule is CC/C(=C(/C)C(C)=O)N1CCC2(CCC(N(C)[C@@H](CO)c3ccc(N=CN)nc3)CC2)C1=O.CN. The number of amides is 1. The highest BCUT2D eigenvalue weighted by atomic mass is 16.3. The minimum Gasteiger partial charge on any atom is -0.394 e. The fourth-order valence-corrected chi connectivity index (χ4v) is 5.44. The van der Waals surface area contributed by atoms with Gasteiger partial charge in [0.15, 0.2) is 11.6 Å². The van der Waals surface area contributed by atoms with Gasteiger partial charge < -0.3 is 21.5 Å². The van der Waals surface area contributed by atoms with Crippen molar-refractivity contribution in [2.75, 3.05) is 27.2 Å². The van der Waals surface area contributed by atoms with E-state index in [4.69, 9.17) is 5.73 Å². The zero-order valence-electron chi connectivity index (χ0n) is 21.8. The van der Waals surface area contributed by atoms with Gasteiger partial charge in [-0.3, -0.25) is 14.5 Å². The molecule has 2 aliphatic rings. The number of aliphatic hydroxyl groups is 1. The van der Waals surface area contributed by atoms with Crippen LogP contribution in [0.25, 0.3) is 0 Å². The van der Waals surface area contributed by atoms with Gasteiger partial charge in [0.1, 0.15) is 0 Å². The highest BCUT2D eigenvalue weighted by Crippen LogP contribution is 2.47. The lowest BCUT2D eigenvalue weighted by molar-refractivity contribution is -0.136. The lowest BCUT2D eigenvalue weighted by Gasteiger charge is -2.42. The van der Waals surface area contributed by atoms with Gasteiger partial charge in [-0.2, -0.15) is 0 Å². The van der Waals surface area contributed by atoms with E-state index in [9.17, 15) is 14.7 Å². The molecule has 2 fully saturated rings. The summed E-state index contributed by atoms with van der Waals surface area (Å²) >= 11 is 0. The first-order valence-corrected chi connectivity index (χ1v) is 12.4. The van der Waals surface area contributed by atoms with E-state index in [1.807, 2.05) is 31.9 Å². The highest BCUT2D eigenvalue weighted by molar-refractivity contribution is 5.95. The number of rotatable bonds is 8. The van der Waals surface area contributed by atoms with Crippen molar-refractivity contribution in [3.63, 3.8) is 0 Å². The second kappa shape index (κ2) is 12.9. The summed E-state index contributed by atoms with van der Waals surface area (Å²) in [6.07, 6.45) is 7.91. The maximum atomic E-state index is 13.5. The van der Waals surface area contributed by atoms with Gasteiger partial charge in [-0.25, -0.2) is 9.98 Å². The number of pyridine rings is 1. The summed E-state index contributed by atoms with van der Waals surface area (Å²) in [7, 11) is 3.53. The molecule has 1 aromatic rings. The van der Waals surface area contributed by atoms with Gasteiger partial charge in [0.25, 0.3) is 0 Å². The minimum atomic E-state index is -0.326. The van der Waals surface area contributed by atoms with Crippen molar-refractivity contribution >= 4 is 23.8 Å². The largest absolute Gasteiger partial charge is 0.394 e. The second-order valence-corrected chi connectivity index (χ2v) is 9.29. The van der Waals surface area contributed by atoms with Crippen molar-refractivity contribution in [1.82, 2.24) is 14.8 Å². The molecule has 3 rings (SSSR count). The van der Waals surface area contributed by atoms with E-state index in [0.717, 1.165) is 43.4 Å². The lowest BCUT2D eigenvalue weighted by atomic mass is 9.71. The molecular weight excluding hydrogens is 444 g/mol. The molecule has 0 radical (unpaired) electrons. The zero-order chi connectivity index (χ0) is 26.2. The highest BCUT2D eigenvalue weighted by Gasteiger charge is 2.49. The molecule has 1 saturated carbocycles. The molecule has 1 atom stereocenters. The predicted molar refractivity (Wildman–Crippen MR) is 139 cm³/mol. The molecule has 0 bridgehead atoms. The number of aliphatic hydroxyl groups excluding tert-OH is 1. The number of aromatic nitrogens is 1. The molecule has 2 heterocycles. The molecule has 0 aromatic carbocycles. The monoisotopic (exact) mass is 486 g/mol. The third-order valence-corrected chi connectivity index (χ3v) is 7.65. The number of likely N-dealkylation sites (tertiary alicyclic amines) is 1. The molecule has 35 heavy (non-hydrogen) atoms. The van der Waals surface area contributed by atoms with E-state index >= 15 is 0 Å². The number of ketones is 1. The Morgan fingerprint density at radius 3 is 2.46 bits per heavy atom. The van der Waals surface area contributed by atoms with Crippen LogP contribution in [-0.4, -0.2) is 71.2 Å². The van der Waals surface area contributed by atoms with E-state index in [1.54, 1.807) is 19.2 Å². The first-order chi connectivity index (χ1) is 16.8. The summed E-state index contributed by atoms with van der Waals surface area (Å²) in [6.45, 7) is 6.07. The standard InChI is InChI=1S/C25H37N5O3.CH5N/c1-5-21(17(2)18(3)32)30-13-12-25(24(30)33)10-8-20(9-11-25)29(4)22(15-31)19-6-7-23(27-14-19)28-16-26;1-2/h6-7,14,16,20,22,31H,5,8-13,15H2,1-4H3,(H2,26,27,28);2H2,1H3/b21-17+;/t20?,22-,25?;/m0./s1. The summed E-state index contributed by atoms with van der Waals surface area (Å²) in [5.74, 6) is 0.739. The van der Waals surface area contributed by atoms with Crippen molar-refractivity contribution in [3.05, 3.63) is 35.2 Å². The van der Waals surface area contributed by atoms with Crippen LogP contribution >= 0.6 is 0 Å². The fourth-order valence-electron chi connectivity index (χ4n) is 5.44. The summed E-state index contributed by atoms with van der Waals surface area (Å²) in [5, 5.41) is 10.1. The van der Waals surface area contributed by atoms with Crippen LogP contribution in [0.4, 0.5) is 5.82 Å². The van der Waals surface area contributed by atoms with Crippen molar-refractivity contribution in [2.24, 2.45) is 21.9 Å². The normalized spacial score (nSPS) is 23.9. The van der Waals surface area contributed by atoms with Crippen molar-refractivity contribution in [3.8, 4) is 0 Å². The maximum absolute atomic E-state index is 13.5. The molecule has 0 unspecified atom stereocenters. The Labute approximate surface area is 209 Å². The molecule has 5 N–H and O–H groups in total. The Kier molecular flexibility index (Phi) is 10.5. The van der Waals surface area contributed by atoms with E-state index in [0.29, 0.717) is 24.4 Å².